The Labute approximate surface area is 125 Å². The smallest absolute Gasteiger partial charge is 0.175 e. The number of sulfone groups is 1. The molecule has 0 unspecified atom stereocenters. The molecule has 0 amide bonds. The van der Waals surface area contributed by atoms with E-state index in [1.54, 1.807) is 12.1 Å². The van der Waals surface area contributed by atoms with Crippen molar-refractivity contribution < 1.29 is 8.42 Å². The van der Waals surface area contributed by atoms with E-state index in [0.717, 1.165) is 16.9 Å². The van der Waals surface area contributed by atoms with E-state index in [4.69, 9.17) is 0 Å². The summed E-state index contributed by atoms with van der Waals surface area (Å²) in [7, 11) is -3.19. The third-order valence-electron chi connectivity index (χ3n) is 3.40. The Balaban J connectivity index is 2.22. The molecule has 2 aromatic rings. The highest BCUT2D eigenvalue weighted by molar-refractivity contribution is 7.90. The molecule has 5 nitrogen and oxygen atoms in total. The summed E-state index contributed by atoms with van der Waals surface area (Å²) in [6.45, 7) is 6.75. The third kappa shape index (κ3) is 3.64. The second-order valence-electron chi connectivity index (χ2n) is 5.49. The second-order valence-corrected chi connectivity index (χ2v) is 7.50. The lowest BCUT2D eigenvalue weighted by Gasteiger charge is -2.14. The van der Waals surface area contributed by atoms with Crippen molar-refractivity contribution in [1.82, 2.24) is 9.55 Å². The Kier molecular flexibility index (Phi) is 4.37. The molecule has 0 aliphatic rings. The van der Waals surface area contributed by atoms with Crippen LogP contribution >= 0.6 is 0 Å². The predicted molar refractivity (Wildman–Crippen MR) is 84.2 cm³/mol. The fourth-order valence-corrected chi connectivity index (χ4v) is 2.79. The summed E-state index contributed by atoms with van der Waals surface area (Å²) in [6, 6.07) is 5.47. The van der Waals surface area contributed by atoms with Crippen molar-refractivity contribution in [2.45, 2.75) is 38.3 Å². The molecule has 114 valence electrons. The zero-order chi connectivity index (χ0) is 15.6. The lowest BCUT2D eigenvalue weighted by Crippen LogP contribution is -2.10. The van der Waals surface area contributed by atoms with Crippen LogP contribution in [-0.2, 0) is 16.4 Å². The number of imidazole rings is 1. The number of hydrogen-bond acceptors (Lipinski definition) is 4. The first kappa shape index (κ1) is 15.6. The first-order chi connectivity index (χ1) is 9.79. The van der Waals surface area contributed by atoms with Gasteiger partial charge in [0.15, 0.2) is 9.84 Å². The second kappa shape index (κ2) is 5.89. The van der Waals surface area contributed by atoms with Crippen LogP contribution in [0.3, 0.4) is 0 Å². The Hall–Kier alpha value is -1.82. The van der Waals surface area contributed by atoms with Gasteiger partial charge >= 0.3 is 0 Å². The van der Waals surface area contributed by atoms with Gasteiger partial charge in [0.2, 0.25) is 0 Å². The minimum Gasteiger partial charge on any atom is -0.379 e. The number of nitrogens with zero attached hydrogens (tertiary/aromatic N) is 2. The molecule has 0 fully saturated rings. The highest BCUT2D eigenvalue weighted by Gasteiger charge is 2.10. The lowest BCUT2D eigenvalue weighted by molar-refractivity contribution is 0.577. The maximum atomic E-state index is 11.6. The van der Waals surface area contributed by atoms with Crippen molar-refractivity contribution in [3.8, 4) is 0 Å². The molecule has 21 heavy (non-hydrogen) atoms. The maximum Gasteiger partial charge on any atom is 0.175 e. The van der Waals surface area contributed by atoms with E-state index in [-0.39, 0.29) is 0 Å². The van der Waals surface area contributed by atoms with Gasteiger partial charge in [-0.2, -0.15) is 0 Å². The number of anilines is 1. The monoisotopic (exact) mass is 307 g/mol. The number of aromatic nitrogens is 2. The van der Waals surface area contributed by atoms with Gasteiger partial charge in [-0.1, -0.05) is 6.07 Å². The average molecular weight is 307 g/mol. The van der Waals surface area contributed by atoms with Crippen LogP contribution in [0.15, 0.2) is 35.6 Å². The van der Waals surface area contributed by atoms with Crippen LogP contribution in [0.1, 0.15) is 31.1 Å². The van der Waals surface area contributed by atoms with Gasteiger partial charge in [0.05, 0.1) is 23.5 Å². The fraction of sp³-hybridized carbons (Fsp3) is 0.400. The van der Waals surface area contributed by atoms with Crippen molar-refractivity contribution in [2.24, 2.45) is 0 Å². The summed E-state index contributed by atoms with van der Waals surface area (Å²) < 4.78 is 25.3. The largest absolute Gasteiger partial charge is 0.379 e. The van der Waals surface area contributed by atoms with Gasteiger partial charge in [-0.15, -0.1) is 0 Å². The Bertz CT molecular complexity index is 733. The number of nitrogens with one attached hydrogen (secondary N) is 1. The molecule has 1 aromatic carbocycles. The van der Waals surface area contributed by atoms with E-state index in [9.17, 15) is 8.42 Å². The molecular weight excluding hydrogens is 286 g/mol. The zero-order valence-corrected chi connectivity index (χ0v) is 13.6. The normalized spacial score (nSPS) is 11.9. The van der Waals surface area contributed by atoms with Gasteiger partial charge in [-0.3, -0.25) is 0 Å². The summed E-state index contributed by atoms with van der Waals surface area (Å²) in [6.07, 6.45) is 4.85. The predicted octanol–water partition coefficient (Wildman–Crippen LogP) is 2.79. The SMILES string of the molecule is Cc1ccc(S(C)(=O)=O)cc1NCc1cncn1C(C)C. The van der Waals surface area contributed by atoms with Crippen molar-refractivity contribution in [1.29, 1.82) is 0 Å². The standard InChI is InChI=1S/C15H21N3O2S/c1-11(2)18-10-16-8-13(18)9-17-15-7-14(21(4,19)20)6-5-12(15)3/h5-8,10-11,17H,9H2,1-4H3. The van der Waals surface area contributed by atoms with E-state index in [2.05, 4.69) is 28.7 Å². The quantitative estimate of drug-likeness (QED) is 0.922. The van der Waals surface area contributed by atoms with Crippen molar-refractivity contribution >= 4 is 15.5 Å². The van der Waals surface area contributed by atoms with Gasteiger partial charge in [-0.25, -0.2) is 13.4 Å². The lowest BCUT2D eigenvalue weighted by atomic mass is 10.2. The molecular formula is C15H21N3O2S. The summed E-state index contributed by atoms with van der Waals surface area (Å²) in [4.78, 5) is 4.49. The molecule has 0 saturated heterocycles. The van der Waals surface area contributed by atoms with Crippen LogP contribution in [0.4, 0.5) is 5.69 Å². The van der Waals surface area contributed by atoms with Gasteiger partial charge < -0.3 is 9.88 Å². The van der Waals surface area contributed by atoms with E-state index < -0.39 is 9.84 Å². The van der Waals surface area contributed by atoms with Crippen LogP contribution in [-0.4, -0.2) is 24.2 Å². The van der Waals surface area contributed by atoms with E-state index in [1.165, 1.54) is 6.26 Å². The number of rotatable bonds is 5. The summed E-state index contributed by atoms with van der Waals surface area (Å²) in [5, 5.41) is 3.30. The maximum absolute atomic E-state index is 11.6. The van der Waals surface area contributed by atoms with Gasteiger partial charge in [0, 0.05) is 24.2 Å². The summed E-state index contributed by atoms with van der Waals surface area (Å²) >= 11 is 0. The Morgan fingerprint density at radius 2 is 2.05 bits per heavy atom. The molecule has 0 radical (unpaired) electrons. The van der Waals surface area contributed by atoms with Crippen LogP contribution in [0, 0.1) is 6.92 Å². The van der Waals surface area contributed by atoms with Crippen LogP contribution in [0.5, 0.6) is 0 Å². The highest BCUT2D eigenvalue weighted by atomic mass is 32.2. The molecule has 1 heterocycles. The molecule has 0 saturated carbocycles. The third-order valence-corrected chi connectivity index (χ3v) is 4.51. The first-order valence-corrected chi connectivity index (χ1v) is 8.73. The molecule has 1 N–H and O–H groups in total. The van der Waals surface area contributed by atoms with E-state index in [1.807, 2.05) is 25.5 Å². The van der Waals surface area contributed by atoms with E-state index in [0.29, 0.717) is 17.5 Å². The molecule has 0 spiro atoms. The van der Waals surface area contributed by atoms with Gasteiger partial charge in [0.1, 0.15) is 0 Å². The van der Waals surface area contributed by atoms with Crippen LogP contribution < -0.4 is 5.32 Å². The highest BCUT2D eigenvalue weighted by Crippen LogP contribution is 2.21. The molecule has 0 aliphatic carbocycles. The molecule has 0 atom stereocenters. The molecule has 2 rings (SSSR count). The molecule has 1 aromatic heterocycles. The molecule has 0 aliphatic heterocycles. The van der Waals surface area contributed by atoms with Gasteiger partial charge in [-0.05, 0) is 38.5 Å². The number of benzene rings is 1. The Morgan fingerprint density at radius 1 is 1.33 bits per heavy atom. The topological polar surface area (TPSA) is 64.0 Å². The molecule has 6 heteroatoms. The number of aryl methyl sites for hydroxylation is 1. The summed E-state index contributed by atoms with van der Waals surface area (Å²) in [5.74, 6) is 0. The first-order valence-electron chi connectivity index (χ1n) is 6.84. The zero-order valence-electron chi connectivity index (χ0n) is 12.8. The minimum absolute atomic E-state index is 0.327. The Morgan fingerprint density at radius 3 is 2.67 bits per heavy atom. The van der Waals surface area contributed by atoms with Crippen LogP contribution in [0.2, 0.25) is 0 Å². The van der Waals surface area contributed by atoms with Crippen LogP contribution in [0.25, 0.3) is 0 Å². The summed E-state index contributed by atoms with van der Waals surface area (Å²) in [5.41, 5.74) is 2.90. The fourth-order valence-electron chi connectivity index (χ4n) is 2.14. The van der Waals surface area contributed by atoms with E-state index >= 15 is 0 Å². The van der Waals surface area contributed by atoms with Crippen molar-refractivity contribution in [2.75, 3.05) is 11.6 Å². The number of hydrogen-bond donors (Lipinski definition) is 1. The van der Waals surface area contributed by atoms with Crippen molar-refractivity contribution in [3.05, 3.63) is 42.0 Å². The van der Waals surface area contributed by atoms with Gasteiger partial charge in [0.25, 0.3) is 0 Å². The molecule has 0 bridgehead atoms. The van der Waals surface area contributed by atoms with Crippen molar-refractivity contribution in [3.63, 3.8) is 0 Å². The average Bonchev–Trinajstić information content (AvgIpc) is 2.85. The minimum atomic E-state index is -3.19.